The van der Waals surface area contributed by atoms with Crippen LogP contribution in [-0.2, 0) is 9.53 Å². The average Bonchev–Trinajstić information content (AvgIpc) is 2.55. The highest BCUT2D eigenvalue weighted by Crippen LogP contribution is 2.18. The van der Waals surface area contributed by atoms with Crippen molar-refractivity contribution in [3.8, 4) is 11.5 Å². The lowest BCUT2D eigenvalue weighted by Crippen LogP contribution is -2.26. The molecule has 0 aromatic heterocycles. The molecule has 2 rings (SSSR count). The number of phenols is 1. The molecule has 1 N–H and O–H groups in total. The fourth-order valence-corrected chi connectivity index (χ4v) is 2.02. The summed E-state index contributed by atoms with van der Waals surface area (Å²) in [6, 6.07) is 11.1. The van der Waals surface area contributed by atoms with E-state index in [9.17, 15) is 4.79 Å². The highest BCUT2D eigenvalue weighted by Gasteiger charge is 2.15. The summed E-state index contributed by atoms with van der Waals surface area (Å²) in [5, 5.41) is 8.94. The zero-order valence-electron chi connectivity index (χ0n) is 15.9. The minimum Gasteiger partial charge on any atom is -0.508 e. The monoisotopic (exact) mass is 344 g/mol. The van der Waals surface area contributed by atoms with E-state index < -0.39 is 6.10 Å². The normalized spacial score (nSPS) is 11.1. The third kappa shape index (κ3) is 6.87. The fraction of sp³-hybridized carbons (Fsp3) is 0.381. The molecule has 0 amide bonds. The van der Waals surface area contributed by atoms with Gasteiger partial charge in [0.1, 0.15) is 11.5 Å². The first-order chi connectivity index (χ1) is 11.7. The van der Waals surface area contributed by atoms with Gasteiger partial charge in [0, 0.05) is 0 Å². The maximum absolute atomic E-state index is 11.4. The van der Waals surface area contributed by atoms with Gasteiger partial charge in [-0.25, -0.2) is 4.79 Å². The zero-order valence-corrected chi connectivity index (χ0v) is 15.9. The maximum atomic E-state index is 11.4. The number of benzene rings is 2. The smallest absolute Gasteiger partial charge is 0.347 e. The van der Waals surface area contributed by atoms with E-state index in [1.165, 1.54) is 11.1 Å². The molecular weight excluding hydrogens is 316 g/mol. The number of aryl methyl sites for hydroxylation is 4. The van der Waals surface area contributed by atoms with Crippen LogP contribution in [0, 0.1) is 27.7 Å². The summed E-state index contributed by atoms with van der Waals surface area (Å²) < 4.78 is 10.4. The molecule has 25 heavy (non-hydrogen) atoms. The van der Waals surface area contributed by atoms with E-state index in [4.69, 9.17) is 14.6 Å². The Labute approximate surface area is 150 Å². The summed E-state index contributed by atoms with van der Waals surface area (Å²) in [4.78, 5) is 11.4. The highest BCUT2D eigenvalue weighted by atomic mass is 16.6. The lowest BCUT2D eigenvalue weighted by Gasteiger charge is -2.14. The van der Waals surface area contributed by atoms with Crippen molar-refractivity contribution in [2.45, 2.75) is 47.6 Å². The molecule has 0 spiro atoms. The molecule has 0 saturated carbocycles. The number of hydrogen-bond acceptors (Lipinski definition) is 4. The summed E-state index contributed by atoms with van der Waals surface area (Å²) in [5.74, 6) is 0.711. The largest absolute Gasteiger partial charge is 0.508 e. The van der Waals surface area contributed by atoms with Crippen LogP contribution in [0.1, 0.15) is 36.1 Å². The van der Waals surface area contributed by atoms with Crippen LogP contribution in [0.2, 0.25) is 0 Å². The maximum Gasteiger partial charge on any atom is 0.347 e. The van der Waals surface area contributed by atoms with Gasteiger partial charge in [-0.1, -0.05) is 12.1 Å². The lowest BCUT2D eigenvalue weighted by molar-refractivity contribution is -0.150. The first kappa shape index (κ1) is 20.6. The van der Waals surface area contributed by atoms with Gasteiger partial charge in [0.15, 0.2) is 6.10 Å². The third-order valence-electron chi connectivity index (χ3n) is 3.90. The van der Waals surface area contributed by atoms with E-state index >= 15 is 0 Å². The SMILES string of the molecule is CCOC(=O)C(C)Oc1ccc(C)c(C)c1.Cc1ccc(O)cc1C. The summed E-state index contributed by atoms with van der Waals surface area (Å²) in [7, 11) is 0. The molecule has 0 fully saturated rings. The Bertz CT molecular complexity index is 707. The molecule has 0 radical (unpaired) electrons. The number of ether oxygens (including phenoxy) is 2. The van der Waals surface area contributed by atoms with Crippen molar-refractivity contribution in [1.29, 1.82) is 0 Å². The van der Waals surface area contributed by atoms with Crippen molar-refractivity contribution in [1.82, 2.24) is 0 Å². The van der Waals surface area contributed by atoms with Gasteiger partial charge >= 0.3 is 5.97 Å². The van der Waals surface area contributed by atoms with Gasteiger partial charge in [0.2, 0.25) is 0 Å². The van der Waals surface area contributed by atoms with Crippen molar-refractivity contribution in [3.63, 3.8) is 0 Å². The van der Waals surface area contributed by atoms with Crippen LogP contribution < -0.4 is 4.74 Å². The van der Waals surface area contributed by atoms with E-state index in [0.29, 0.717) is 18.1 Å². The van der Waals surface area contributed by atoms with Crippen LogP contribution >= 0.6 is 0 Å². The molecule has 0 bridgehead atoms. The van der Waals surface area contributed by atoms with Crippen LogP contribution in [0.5, 0.6) is 11.5 Å². The van der Waals surface area contributed by atoms with Crippen LogP contribution in [0.4, 0.5) is 0 Å². The van der Waals surface area contributed by atoms with Gasteiger partial charge in [-0.05, 0) is 88.1 Å². The summed E-state index contributed by atoms with van der Waals surface area (Å²) >= 11 is 0. The first-order valence-corrected chi connectivity index (χ1v) is 8.41. The Balaban J connectivity index is 0.000000293. The van der Waals surface area contributed by atoms with Gasteiger partial charge in [0.25, 0.3) is 0 Å². The minimum absolute atomic E-state index is 0.333. The van der Waals surface area contributed by atoms with Crippen molar-refractivity contribution in [2.24, 2.45) is 0 Å². The Morgan fingerprint density at radius 2 is 1.52 bits per heavy atom. The molecular formula is C21H28O4. The molecule has 0 saturated heterocycles. The molecule has 0 heterocycles. The van der Waals surface area contributed by atoms with E-state index in [2.05, 4.69) is 0 Å². The van der Waals surface area contributed by atoms with Crippen molar-refractivity contribution < 1.29 is 19.4 Å². The molecule has 136 valence electrons. The molecule has 4 heteroatoms. The van der Waals surface area contributed by atoms with Gasteiger partial charge in [0.05, 0.1) is 6.61 Å². The molecule has 0 aliphatic carbocycles. The lowest BCUT2D eigenvalue weighted by atomic mass is 10.1. The summed E-state index contributed by atoms with van der Waals surface area (Å²) in [6.45, 7) is 11.9. The van der Waals surface area contributed by atoms with Crippen LogP contribution in [0.25, 0.3) is 0 Å². The number of esters is 1. The third-order valence-corrected chi connectivity index (χ3v) is 3.90. The van der Waals surface area contributed by atoms with Crippen molar-refractivity contribution >= 4 is 5.97 Å². The van der Waals surface area contributed by atoms with Gasteiger partial charge < -0.3 is 14.6 Å². The number of aromatic hydroxyl groups is 1. The fourth-order valence-electron chi connectivity index (χ4n) is 2.02. The Morgan fingerprint density at radius 3 is 2.00 bits per heavy atom. The molecule has 1 atom stereocenters. The second-order valence-electron chi connectivity index (χ2n) is 6.03. The summed E-state index contributed by atoms with van der Waals surface area (Å²) in [5.41, 5.74) is 4.70. The second-order valence-corrected chi connectivity index (χ2v) is 6.03. The topological polar surface area (TPSA) is 55.8 Å². The predicted octanol–water partition coefficient (Wildman–Crippen LogP) is 4.64. The van der Waals surface area contributed by atoms with E-state index in [-0.39, 0.29) is 5.97 Å². The predicted molar refractivity (Wildman–Crippen MR) is 100 cm³/mol. The number of carbonyl (C=O) groups is 1. The molecule has 0 aliphatic heterocycles. The Morgan fingerprint density at radius 1 is 0.960 bits per heavy atom. The van der Waals surface area contributed by atoms with Crippen LogP contribution in [0.3, 0.4) is 0 Å². The van der Waals surface area contributed by atoms with Crippen LogP contribution in [0.15, 0.2) is 36.4 Å². The average molecular weight is 344 g/mol. The Kier molecular flexibility index (Phi) is 7.99. The number of phenolic OH excluding ortho intramolecular Hbond substituents is 1. The molecule has 2 aromatic rings. The van der Waals surface area contributed by atoms with Gasteiger partial charge in [-0.2, -0.15) is 0 Å². The number of rotatable bonds is 4. The zero-order chi connectivity index (χ0) is 19.0. The van der Waals surface area contributed by atoms with Crippen molar-refractivity contribution in [2.75, 3.05) is 6.61 Å². The standard InChI is InChI=1S/C13H18O3.C8H10O/c1-5-15-13(14)11(4)16-12-7-6-9(2)10(3)8-12;1-6-3-4-8(9)5-7(6)2/h6-8,11H,5H2,1-4H3;3-5,9H,1-2H3. The van der Waals surface area contributed by atoms with E-state index in [1.807, 2.05) is 52.0 Å². The minimum atomic E-state index is -0.568. The molecule has 4 nitrogen and oxygen atoms in total. The molecule has 0 aliphatic rings. The summed E-state index contributed by atoms with van der Waals surface area (Å²) in [6.07, 6.45) is -0.568. The van der Waals surface area contributed by atoms with Crippen LogP contribution in [-0.4, -0.2) is 23.8 Å². The second kappa shape index (κ2) is 9.72. The van der Waals surface area contributed by atoms with Crippen molar-refractivity contribution in [3.05, 3.63) is 58.7 Å². The number of carbonyl (C=O) groups excluding carboxylic acids is 1. The molecule has 2 aromatic carbocycles. The van der Waals surface area contributed by atoms with E-state index in [0.717, 1.165) is 11.1 Å². The van der Waals surface area contributed by atoms with Gasteiger partial charge in [-0.3, -0.25) is 0 Å². The quantitative estimate of drug-likeness (QED) is 0.821. The number of hydrogen-bond donors (Lipinski definition) is 1. The molecule has 1 unspecified atom stereocenters. The highest BCUT2D eigenvalue weighted by molar-refractivity contribution is 5.74. The Hall–Kier alpha value is -2.49. The first-order valence-electron chi connectivity index (χ1n) is 8.41. The van der Waals surface area contributed by atoms with Gasteiger partial charge in [-0.15, -0.1) is 0 Å². The van der Waals surface area contributed by atoms with E-state index in [1.54, 1.807) is 26.0 Å².